The molecule has 2 heterocycles. The number of carbonyl (C=O) groups is 2. The van der Waals surface area contributed by atoms with Crippen molar-refractivity contribution >= 4 is 19.9 Å². The second-order valence-electron chi connectivity index (χ2n) is 8.40. The molecular weight excluding hydrogens is 535 g/mol. The summed E-state index contributed by atoms with van der Waals surface area (Å²) in [6.07, 6.45) is 5.78. The summed E-state index contributed by atoms with van der Waals surface area (Å²) in [4.78, 5) is 50.8. The Morgan fingerprint density at radius 3 is 2.05 bits per heavy atom. The number of aldehydes is 1. The minimum absolute atomic E-state index is 0.0514. The van der Waals surface area contributed by atoms with Gasteiger partial charge in [-0.15, -0.1) is 0 Å². The number of benzene rings is 1. The highest BCUT2D eigenvalue weighted by Crippen LogP contribution is 2.35. The van der Waals surface area contributed by atoms with E-state index in [4.69, 9.17) is 38.6 Å². The van der Waals surface area contributed by atoms with Crippen molar-refractivity contribution < 1.29 is 53.3 Å². The van der Waals surface area contributed by atoms with Crippen LogP contribution in [-0.2, 0) is 11.2 Å². The Hall–Kier alpha value is -3.06. The molecule has 0 bridgehead atoms. The van der Waals surface area contributed by atoms with Gasteiger partial charge < -0.3 is 44.0 Å². The maximum Gasteiger partial charge on any atom is 0.466 e. The SMILES string of the molecule is COc1cc(OC)c(C(=O)CCCN2CCCC2)c(OC)c1.Cc1ncc(CO)c(C=O)c1O.O=P(O)(O)O. The minimum atomic E-state index is -4.64. The maximum atomic E-state index is 12.6. The monoisotopic (exact) mass is 572 g/mol. The van der Waals surface area contributed by atoms with Crippen LogP contribution in [0.15, 0.2) is 18.3 Å². The molecule has 1 aliphatic heterocycles. The quantitative estimate of drug-likeness (QED) is 0.158. The van der Waals surface area contributed by atoms with Gasteiger partial charge in [-0.1, -0.05) is 0 Å². The van der Waals surface area contributed by atoms with E-state index in [9.17, 15) is 14.7 Å². The Balaban J connectivity index is 0.000000373. The number of hydrogen-bond acceptors (Lipinski definition) is 10. The van der Waals surface area contributed by atoms with Gasteiger partial charge in [-0.05, 0) is 45.8 Å². The number of aryl methyl sites for hydroxylation is 1. The highest BCUT2D eigenvalue weighted by molar-refractivity contribution is 7.45. The van der Waals surface area contributed by atoms with E-state index in [1.807, 2.05) is 0 Å². The van der Waals surface area contributed by atoms with Crippen LogP contribution in [0.2, 0.25) is 0 Å². The number of rotatable bonds is 10. The van der Waals surface area contributed by atoms with Gasteiger partial charge in [-0.3, -0.25) is 14.6 Å². The van der Waals surface area contributed by atoms with E-state index in [-0.39, 0.29) is 23.7 Å². The molecule has 39 heavy (non-hydrogen) atoms. The molecule has 0 aliphatic carbocycles. The third-order valence-electron chi connectivity index (χ3n) is 5.72. The lowest BCUT2D eigenvalue weighted by molar-refractivity contribution is 0.0969. The molecule has 1 aromatic carbocycles. The van der Waals surface area contributed by atoms with Crippen molar-refractivity contribution in [1.82, 2.24) is 9.88 Å². The predicted octanol–water partition coefficient (Wildman–Crippen LogP) is 2.24. The molecule has 3 rings (SSSR count). The molecule has 1 aliphatic rings. The molecule has 0 atom stereocenters. The number of ether oxygens (including phenoxy) is 3. The molecule has 218 valence electrons. The highest BCUT2D eigenvalue weighted by Gasteiger charge is 2.20. The first kappa shape index (κ1) is 34.0. The summed E-state index contributed by atoms with van der Waals surface area (Å²) in [5, 5.41) is 18.1. The summed E-state index contributed by atoms with van der Waals surface area (Å²) in [5.41, 5.74) is 1.35. The van der Waals surface area contributed by atoms with Crippen LogP contribution in [0, 0.1) is 6.92 Å². The lowest BCUT2D eigenvalue weighted by Gasteiger charge is -2.16. The molecule has 0 amide bonds. The summed E-state index contributed by atoms with van der Waals surface area (Å²) in [6, 6.07) is 3.44. The van der Waals surface area contributed by atoms with Crippen molar-refractivity contribution in [2.45, 2.75) is 39.2 Å². The Labute approximate surface area is 227 Å². The standard InChI is InChI=1S/C17H25NO4.C8H9NO3.H3O4P/c1-20-13-11-15(21-2)17(16(12-13)22-3)14(19)7-6-10-18-8-4-5-9-18;1-5-8(12)7(4-11)6(3-10)2-9-5;1-5(2,3)4/h11-12H,4-10H2,1-3H3;2,4,10,12H,3H2,1H3;(H3,1,2,3,4). The number of likely N-dealkylation sites (tertiary alicyclic amines) is 1. The number of methoxy groups -OCH3 is 3. The fourth-order valence-electron chi connectivity index (χ4n) is 3.78. The first-order valence-electron chi connectivity index (χ1n) is 12.0. The number of aromatic nitrogens is 1. The third kappa shape index (κ3) is 11.7. The smallest absolute Gasteiger partial charge is 0.466 e. The lowest BCUT2D eigenvalue weighted by Crippen LogP contribution is -2.21. The van der Waals surface area contributed by atoms with E-state index in [2.05, 4.69) is 9.88 Å². The van der Waals surface area contributed by atoms with Crippen molar-refractivity contribution in [2.75, 3.05) is 41.0 Å². The molecule has 1 aromatic heterocycles. The van der Waals surface area contributed by atoms with E-state index in [0.29, 0.717) is 46.8 Å². The zero-order valence-corrected chi connectivity index (χ0v) is 23.4. The van der Waals surface area contributed by atoms with Crippen molar-refractivity contribution in [3.05, 3.63) is 40.7 Å². The molecule has 13 nitrogen and oxygen atoms in total. The highest BCUT2D eigenvalue weighted by atomic mass is 31.2. The summed E-state index contributed by atoms with van der Waals surface area (Å²) in [5.74, 6) is 1.51. The van der Waals surface area contributed by atoms with Gasteiger partial charge in [0.1, 0.15) is 28.6 Å². The van der Waals surface area contributed by atoms with Crippen LogP contribution < -0.4 is 14.2 Å². The van der Waals surface area contributed by atoms with E-state index < -0.39 is 7.82 Å². The largest absolute Gasteiger partial charge is 0.505 e. The molecule has 0 unspecified atom stereocenters. The summed E-state index contributed by atoms with van der Waals surface area (Å²) in [7, 11) is 0.0379. The fourth-order valence-corrected chi connectivity index (χ4v) is 3.78. The zero-order chi connectivity index (χ0) is 29.6. The van der Waals surface area contributed by atoms with Crippen molar-refractivity contribution in [2.24, 2.45) is 0 Å². The van der Waals surface area contributed by atoms with Crippen LogP contribution in [0.1, 0.15) is 57.7 Å². The number of pyridine rings is 1. The van der Waals surface area contributed by atoms with E-state index in [1.165, 1.54) is 19.0 Å². The van der Waals surface area contributed by atoms with Crippen LogP contribution in [-0.4, -0.2) is 87.8 Å². The Kier molecular flexibility index (Phi) is 14.6. The van der Waals surface area contributed by atoms with Crippen LogP contribution in [0.4, 0.5) is 0 Å². The number of aliphatic hydroxyl groups is 1. The Morgan fingerprint density at radius 2 is 1.62 bits per heavy atom. The van der Waals surface area contributed by atoms with Crippen LogP contribution in [0.5, 0.6) is 23.0 Å². The first-order valence-corrected chi connectivity index (χ1v) is 13.5. The summed E-state index contributed by atoms with van der Waals surface area (Å²) < 4.78 is 24.8. The molecule has 14 heteroatoms. The fraction of sp³-hybridized carbons (Fsp3) is 0.480. The molecule has 0 radical (unpaired) electrons. The number of Topliss-reactive ketones (excluding diaryl/α,β-unsaturated/α-hetero) is 1. The van der Waals surface area contributed by atoms with E-state index in [1.54, 1.807) is 40.4 Å². The number of ketones is 1. The minimum Gasteiger partial charge on any atom is -0.505 e. The number of phosphoric acid groups is 1. The summed E-state index contributed by atoms with van der Waals surface area (Å²) >= 11 is 0. The van der Waals surface area contributed by atoms with Gasteiger partial charge in [0, 0.05) is 30.3 Å². The van der Waals surface area contributed by atoms with E-state index in [0.717, 1.165) is 26.1 Å². The van der Waals surface area contributed by atoms with Gasteiger partial charge in [-0.25, -0.2) is 4.57 Å². The van der Waals surface area contributed by atoms with Gasteiger partial charge in [0.25, 0.3) is 0 Å². The average Bonchev–Trinajstić information content (AvgIpc) is 3.42. The molecular formula is C25H37N2O11P. The predicted molar refractivity (Wildman–Crippen MR) is 142 cm³/mol. The van der Waals surface area contributed by atoms with Crippen LogP contribution >= 0.6 is 7.82 Å². The van der Waals surface area contributed by atoms with Crippen LogP contribution in [0.3, 0.4) is 0 Å². The van der Waals surface area contributed by atoms with E-state index >= 15 is 0 Å². The lowest BCUT2D eigenvalue weighted by atomic mass is 10.0. The van der Waals surface area contributed by atoms with Gasteiger partial charge in [0.15, 0.2) is 12.1 Å². The second kappa shape index (κ2) is 16.8. The van der Waals surface area contributed by atoms with Gasteiger partial charge >= 0.3 is 7.82 Å². The van der Waals surface area contributed by atoms with Gasteiger partial charge in [0.05, 0.1) is 39.2 Å². The van der Waals surface area contributed by atoms with Crippen LogP contribution in [0.25, 0.3) is 0 Å². The summed E-state index contributed by atoms with van der Waals surface area (Å²) in [6.45, 7) is 4.58. The molecule has 1 saturated heterocycles. The zero-order valence-electron chi connectivity index (χ0n) is 22.5. The third-order valence-corrected chi connectivity index (χ3v) is 5.72. The normalized spacial score (nSPS) is 12.9. The topological polar surface area (TPSA) is 196 Å². The van der Waals surface area contributed by atoms with Crippen molar-refractivity contribution in [3.8, 4) is 23.0 Å². The number of carbonyl (C=O) groups excluding carboxylic acids is 2. The number of hydrogen-bond donors (Lipinski definition) is 5. The maximum absolute atomic E-state index is 12.6. The first-order chi connectivity index (χ1) is 18.4. The molecule has 2 aromatic rings. The molecule has 5 N–H and O–H groups in total. The number of nitrogens with zero attached hydrogens (tertiary/aromatic N) is 2. The molecule has 0 spiro atoms. The Bertz CT molecular complexity index is 1100. The van der Waals surface area contributed by atoms with Gasteiger partial charge in [-0.2, -0.15) is 0 Å². The van der Waals surface area contributed by atoms with Gasteiger partial charge in [0.2, 0.25) is 0 Å². The van der Waals surface area contributed by atoms with Crippen molar-refractivity contribution in [1.29, 1.82) is 0 Å². The average molecular weight is 573 g/mol. The number of aliphatic hydroxyl groups excluding tert-OH is 1. The number of aromatic hydroxyl groups is 1. The second-order valence-corrected chi connectivity index (χ2v) is 9.43. The Morgan fingerprint density at radius 1 is 1.08 bits per heavy atom. The molecule has 1 fully saturated rings. The molecule has 0 saturated carbocycles. The van der Waals surface area contributed by atoms with Crippen molar-refractivity contribution in [3.63, 3.8) is 0 Å².